The Labute approximate surface area is 105 Å². The van der Waals surface area contributed by atoms with Crippen LogP contribution in [0.1, 0.15) is 31.5 Å². The van der Waals surface area contributed by atoms with Gasteiger partial charge in [0.1, 0.15) is 17.9 Å². The van der Waals surface area contributed by atoms with Gasteiger partial charge >= 0.3 is 0 Å². The van der Waals surface area contributed by atoms with Crippen LogP contribution in [-0.2, 0) is 11.3 Å². The van der Waals surface area contributed by atoms with Crippen molar-refractivity contribution in [3.05, 3.63) is 12.2 Å². The highest BCUT2D eigenvalue weighted by Crippen LogP contribution is 2.17. The summed E-state index contributed by atoms with van der Waals surface area (Å²) in [5, 5.41) is 6.98. The van der Waals surface area contributed by atoms with Crippen LogP contribution in [0, 0.1) is 0 Å². The quantitative estimate of drug-likeness (QED) is 0.736. The van der Waals surface area contributed by atoms with Crippen molar-refractivity contribution in [1.82, 2.24) is 20.1 Å². The van der Waals surface area contributed by atoms with Gasteiger partial charge in [0.05, 0.1) is 0 Å². The second kappa shape index (κ2) is 5.22. The van der Waals surface area contributed by atoms with E-state index in [0.29, 0.717) is 11.9 Å². The van der Waals surface area contributed by atoms with Crippen LogP contribution in [-0.4, -0.2) is 31.7 Å². The third-order valence-electron chi connectivity index (χ3n) is 2.78. The molecule has 1 aromatic heterocycles. The zero-order valence-electron chi connectivity index (χ0n) is 9.43. The van der Waals surface area contributed by atoms with Gasteiger partial charge in [0.15, 0.2) is 0 Å². The molecule has 0 aromatic carbocycles. The topological polar surface area (TPSA) is 85.8 Å². The lowest BCUT2D eigenvalue weighted by atomic mass is 10.2. The zero-order chi connectivity index (χ0) is 12.3. The third kappa shape index (κ3) is 3.23. The maximum Gasteiger partial charge on any atom is 0.242 e. The van der Waals surface area contributed by atoms with Gasteiger partial charge < -0.3 is 11.1 Å². The summed E-state index contributed by atoms with van der Waals surface area (Å²) in [6.45, 7) is 0.159. The molecule has 92 valence electrons. The molecule has 0 aliphatic heterocycles. The SMILES string of the molecule is NC(=S)c1ncn(CC(=O)NC2CCCC2)n1. The summed E-state index contributed by atoms with van der Waals surface area (Å²) in [5.74, 6) is 0.255. The molecule has 1 heterocycles. The first-order chi connectivity index (χ1) is 8.15. The van der Waals surface area contributed by atoms with Crippen LogP contribution in [0.2, 0.25) is 0 Å². The molecule has 1 aliphatic rings. The molecule has 0 atom stereocenters. The molecule has 6 nitrogen and oxygen atoms in total. The highest BCUT2D eigenvalue weighted by Gasteiger charge is 2.17. The van der Waals surface area contributed by atoms with Crippen LogP contribution in [0.5, 0.6) is 0 Å². The number of nitrogens with two attached hydrogens (primary N) is 1. The summed E-state index contributed by atoms with van der Waals surface area (Å²) in [4.78, 5) is 15.7. The lowest BCUT2D eigenvalue weighted by Gasteiger charge is -2.11. The van der Waals surface area contributed by atoms with Crippen molar-refractivity contribution in [2.24, 2.45) is 5.73 Å². The van der Waals surface area contributed by atoms with E-state index in [1.807, 2.05) is 0 Å². The first-order valence-electron chi connectivity index (χ1n) is 5.64. The Morgan fingerprint density at radius 2 is 2.29 bits per heavy atom. The van der Waals surface area contributed by atoms with Crippen LogP contribution >= 0.6 is 12.2 Å². The molecule has 17 heavy (non-hydrogen) atoms. The van der Waals surface area contributed by atoms with Crippen LogP contribution in [0.15, 0.2) is 6.33 Å². The van der Waals surface area contributed by atoms with Gasteiger partial charge in [-0.15, -0.1) is 5.10 Å². The first kappa shape index (κ1) is 12.0. The lowest BCUT2D eigenvalue weighted by molar-refractivity contribution is -0.122. The van der Waals surface area contributed by atoms with E-state index >= 15 is 0 Å². The molecule has 1 fully saturated rings. The number of nitrogens with zero attached hydrogens (tertiary/aromatic N) is 3. The summed E-state index contributed by atoms with van der Waals surface area (Å²) in [5.41, 5.74) is 5.38. The summed E-state index contributed by atoms with van der Waals surface area (Å²) >= 11 is 4.74. The van der Waals surface area contributed by atoms with Crippen molar-refractivity contribution < 1.29 is 4.79 Å². The average molecular weight is 253 g/mol. The van der Waals surface area contributed by atoms with Gasteiger partial charge in [-0.05, 0) is 12.8 Å². The molecule has 0 unspecified atom stereocenters. The highest BCUT2D eigenvalue weighted by atomic mass is 32.1. The van der Waals surface area contributed by atoms with Crippen molar-refractivity contribution in [3.63, 3.8) is 0 Å². The fraction of sp³-hybridized carbons (Fsp3) is 0.600. The van der Waals surface area contributed by atoms with Crippen LogP contribution in [0.25, 0.3) is 0 Å². The number of amides is 1. The number of nitrogens with one attached hydrogen (secondary N) is 1. The van der Waals surface area contributed by atoms with Gasteiger partial charge in [0.25, 0.3) is 0 Å². The average Bonchev–Trinajstić information content (AvgIpc) is 2.88. The number of carbonyl (C=O) groups excluding carboxylic acids is 1. The normalized spacial score (nSPS) is 16.0. The van der Waals surface area contributed by atoms with E-state index in [9.17, 15) is 4.79 Å². The van der Waals surface area contributed by atoms with Crippen molar-refractivity contribution in [3.8, 4) is 0 Å². The number of hydrogen-bond acceptors (Lipinski definition) is 4. The largest absolute Gasteiger partial charge is 0.387 e. The first-order valence-corrected chi connectivity index (χ1v) is 6.04. The van der Waals surface area contributed by atoms with Crippen LogP contribution in [0.4, 0.5) is 0 Å². The molecule has 1 aromatic rings. The minimum absolute atomic E-state index is 0.0451. The third-order valence-corrected chi connectivity index (χ3v) is 2.97. The summed E-state index contributed by atoms with van der Waals surface area (Å²) < 4.78 is 1.44. The number of rotatable bonds is 4. The Hall–Kier alpha value is -1.50. The standard InChI is InChI=1S/C10H15N5OS/c11-9(17)10-12-6-15(14-10)5-8(16)13-7-3-1-2-4-7/h6-7H,1-5H2,(H2,11,17)(H,13,16). The van der Waals surface area contributed by atoms with Crippen LogP contribution < -0.4 is 11.1 Å². The monoisotopic (exact) mass is 253 g/mol. The molecule has 1 amide bonds. The number of thiocarbonyl (C=S) groups is 1. The Bertz CT molecular complexity index is 424. The van der Waals surface area contributed by atoms with E-state index in [0.717, 1.165) is 12.8 Å². The molecule has 7 heteroatoms. The summed E-state index contributed by atoms with van der Waals surface area (Å²) in [6.07, 6.45) is 5.99. The summed E-state index contributed by atoms with van der Waals surface area (Å²) in [7, 11) is 0. The molecule has 1 saturated carbocycles. The van der Waals surface area contributed by atoms with E-state index in [2.05, 4.69) is 15.4 Å². The predicted molar refractivity (Wildman–Crippen MR) is 66.3 cm³/mol. The Balaban J connectivity index is 1.86. The lowest BCUT2D eigenvalue weighted by Crippen LogP contribution is -2.35. The number of hydrogen-bond donors (Lipinski definition) is 2. The molecule has 1 aliphatic carbocycles. The van der Waals surface area contributed by atoms with Crippen LogP contribution in [0.3, 0.4) is 0 Å². The molecule has 0 saturated heterocycles. The van der Waals surface area contributed by atoms with Gasteiger partial charge in [0.2, 0.25) is 11.7 Å². The fourth-order valence-electron chi connectivity index (χ4n) is 1.97. The molecule has 0 bridgehead atoms. The van der Waals surface area contributed by atoms with Gasteiger partial charge in [0, 0.05) is 6.04 Å². The molecular formula is C10H15N5OS. The van der Waals surface area contributed by atoms with Gasteiger partial charge in [-0.25, -0.2) is 9.67 Å². The fourth-order valence-corrected chi connectivity index (χ4v) is 2.07. The second-order valence-electron chi connectivity index (χ2n) is 4.18. The van der Waals surface area contributed by atoms with E-state index in [-0.39, 0.29) is 17.4 Å². The highest BCUT2D eigenvalue weighted by molar-refractivity contribution is 7.80. The van der Waals surface area contributed by atoms with Crippen molar-refractivity contribution >= 4 is 23.1 Å². The zero-order valence-corrected chi connectivity index (χ0v) is 10.2. The van der Waals surface area contributed by atoms with E-state index in [4.69, 9.17) is 18.0 Å². The van der Waals surface area contributed by atoms with Gasteiger partial charge in [-0.2, -0.15) is 0 Å². The molecule has 3 N–H and O–H groups in total. The van der Waals surface area contributed by atoms with Gasteiger partial charge in [-0.3, -0.25) is 4.79 Å². The van der Waals surface area contributed by atoms with Gasteiger partial charge in [-0.1, -0.05) is 25.1 Å². The van der Waals surface area contributed by atoms with E-state index in [1.54, 1.807) is 0 Å². The van der Waals surface area contributed by atoms with Crippen molar-refractivity contribution in [2.45, 2.75) is 38.3 Å². The molecule has 0 spiro atoms. The maximum absolute atomic E-state index is 11.7. The van der Waals surface area contributed by atoms with Crippen molar-refractivity contribution in [2.75, 3.05) is 0 Å². The smallest absolute Gasteiger partial charge is 0.242 e. The Morgan fingerprint density at radius 3 is 2.88 bits per heavy atom. The minimum Gasteiger partial charge on any atom is -0.387 e. The molecular weight excluding hydrogens is 238 g/mol. The minimum atomic E-state index is -0.0451. The predicted octanol–water partition coefficient (Wildman–Crippen LogP) is -0.0289. The Kier molecular flexibility index (Phi) is 3.68. The van der Waals surface area contributed by atoms with E-state index < -0.39 is 0 Å². The number of carbonyl (C=O) groups is 1. The summed E-state index contributed by atoms with van der Waals surface area (Å²) in [6, 6.07) is 0.320. The second-order valence-corrected chi connectivity index (χ2v) is 4.62. The molecule has 2 rings (SSSR count). The van der Waals surface area contributed by atoms with Crippen molar-refractivity contribution in [1.29, 1.82) is 0 Å². The number of aromatic nitrogens is 3. The van der Waals surface area contributed by atoms with E-state index in [1.165, 1.54) is 23.9 Å². The maximum atomic E-state index is 11.7. The molecule has 0 radical (unpaired) electrons. The Morgan fingerprint density at radius 1 is 1.59 bits per heavy atom.